The number of hydrogen-bond donors (Lipinski definition) is 1. The topological polar surface area (TPSA) is 29.3 Å². The number of rotatable bonds is 5. The lowest BCUT2D eigenvalue weighted by molar-refractivity contribution is 0.685. The first-order valence-electron chi connectivity index (χ1n) is 6.66. The minimum absolute atomic E-state index is 0.464. The van der Waals surface area contributed by atoms with Gasteiger partial charge in [0.05, 0.1) is 0 Å². The van der Waals surface area contributed by atoms with E-state index in [0.717, 1.165) is 6.42 Å². The molecule has 3 heteroatoms. The van der Waals surface area contributed by atoms with E-state index in [-0.39, 0.29) is 0 Å². The summed E-state index contributed by atoms with van der Waals surface area (Å²) in [7, 11) is 2.15. The van der Waals surface area contributed by atoms with Gasteiger partial charge in [-0.25, -0.2) is 0 Å². The van der Waals surface area contributed by atoms with Crippen molar-refractivity contribution in [1.29, 1.82) is 0 Å². The van der Waals surface area contributed by atoms with E-state index in [1.807, 2.05) is 11.3 Å². The fourth-order valence-corrected chi connectivity index (χ4v) is 3.14. The van der Waals surface area contributed by atoms with Crippen molar-refractivity contribution in [3.8, 4) is 0 Å². The van der Waals surface area contributed by atoms with Gasteiger partial charge in [-0.15, -0.1) is 11.3 Å². The number of anilines is 1. The van der Waals surface area contributed by atoms with Crippen molar-refractivity contribution in [1.82, 2.24) is 0 Å². The zero-order chi connectivity index (χ0) is 13.8. The number of aryl methyl sites for hydroxylation is 1. The monoisotopic (exact) mass is 274 g/mol. The third-order valence-electron chi connectivity index (χ3n) is 3.57. The molecule has 1 aromatic heterocycles. The number of benzene rings is 1. The third-order valence-corrected chi connectivity index (χ3v) is 4.47. The molecule has 1 atom stereocenters. The van der Waals surface area contributed by atoms with Crippen LogP contribution in [0.4, 0.5) is 5.69 Å². The lowest BCUT2D eigenvalue weighted by Crippen LogP contribution is -2.31. The molecular formula is C16H22N2S. The van der Waals surface area contributed by atoms with Gasteiger partial charge in [0.1, 0.15) is 0 Å². The van der Waals surface area contributed by atoms with Crippen LogP contribution in [-0.2, 0) is 13.0 Å². The van der Waals surface area contributed by atoms with Gasteiger partial charge in [0.2, 0.25) is 0 Å². The van der Waals surface area contributed by atoms with Crippen LogP contribution in [-0.4, -0.2) is 13.1 Å². The predicted molar refractivity (Wildman–Crippen MR) is 85.0 cm³/mol. The van der Waals surface area contributed by atoms with Crippen molar-refractivity contribution in [2.75, 3.05) is 11.9 Å². The molecule has 0 radical (unpaired) electrons. The average molecular weight is 274 g/mol. The molecule has 2 aromatic rings. The van der Waals surface area contributed by atoms with Gasteiger partial charge in [-0.3, -0.25) is 0 Å². The Morgan fingerprint density at radius 3 is 2.74 bits per heavy atom. The Morgan fingerprint density at radius 1 is 1.32 bits per heavy atom. The molecule has 1 heterocycles. The van der Waals surface area contributed by atoms with E-state index < -0.39 is 0 Å². The highest BCUT2D eigenvalue weighted by molar-refractivity contribution is 7.09. The summed E-state index contributed by atoms with van der Waals surface area (Å²) >= 11 is 1.82. The highest BCUT2D eigenvalue weighted by Gasteiger charge is 2.14. The van der Waals surface area contributed by atoms with E-state index in [1.54, 1.807) is 0 Å². The number of nitrogens with two attached hydrogens (primary N) is 1. The van der Waals surface area contributed by atoms with Gasteiger partial charge >= 0.3 is 0 Å². The molecule has 0 saturated carbocycles. The standard InChI is InChI=1S/C16H22N2S/c1-12-6-7-16(14(9-12)11-17)18(3)13(2)10-15-5-4-8-19-15/h4-9,13H,10-11,17H2,1-3H3. The Bertz CT molecular complexity index is 520. The first-order chi connectivity index (χ1) is 9.11. The van der Waals surface area contributed by atoms with Crippen LogP contribution in [0.25, 0.3) is 0 Å². The molecule has 0 aliphatic heterocycles. The van der Waals surface area contributed by atoms with Crippen molar-refractivity contribution in [3.63, 3.8) is 0 Å². The number of hydrogen-bond acceptors (Lipinski definition) is 3. The normalized spacial score (nSPS) is 12.4. The number of nitrogens with zero attached hydrogens (tertiary/aromatic N) is 1. The molecular weight excluding hydrogens is 252 g/mol. The highest BCUT2D eigenvalue weighted by Crippen LogP contribution is 2.24. The summed E-state index contributed by atoms with van der Waals surface area (Å²) in [5.41, 5.74) is 9.61. The summed E-state index contributed by atoms with van der Waals surface area (Å²) in [6.07, 6.45) is 1.08. The molecule has 19 heavy (non-hydrogen) atoms. The van der Waals surface area contributed by atoms with Crippen LogP contribution in [0.15, 0.2) is 35.7 Å². The summed E-state index contributed by atoms with van der Waals surface area (Å²) in [5, 5.41) is 2.14. The first kappa shape index (κ1) is 14.1. The Morgan fingerprint density at radius 2 is 2.11 bits per heavy atom. The molecule has 0 amide bonds. The van der Waals surface area contributed by atoms with Gasteiger partial charge in [0.15, 0.2) is 0 Å². The molecule has 0 aliphatic rings. The smallest absolute Gasteiger partial charge is 0.0411 e. The molecule has 1 unspecified atom stereocenters. The molecule has 2 nitrogen and oxygen atoms in total. The molecule has 0 aliphatic carbocycles. The molecule has 0 saturated heterocycles. The Kier molecular flexibility index (Phi) is 4.61. The quantitative estimate of drug-likeness (QED) is 0.903. The van der Waals surface area contributed by atoms with Crippen LogP contribution >= 0.6 is 11.3 Å². The van der Waals surface area contributed by atoms with E-state index in [2.05, 4.69) is 61.5 Å². The van der Waals surface area contributed by atoms with Crippen LogP contribution in [0.1, 0.15) is 22.9 Å². The van der Waals surface area contributed by atoms with Gasteiger partial charge in [0, 0.05) is 36.6 Å². The summed E-state index contributed by atoms with van der Waals surface area (Å²) in [4.78, 5) is 3.77. The second-order valence-electron chi connectivity index (χ2n) is 5.08. The van der Waals surface area contributed by atoms with Crippen molar-refractivity contribution >= 4 is 17.0 Å². The average Bonchev–Trinajstić information content (AvgIpc) is 2.90. The summed E-state index contributed by atoms with van der Waals surface area (Å²) in [6, 6.07) is 11.3. The maximum atomic E-state index is 5.87. The second-order valence-corrected chi connectivity index (χ2v) is 6.11. The van der Waals surface area contributed by atoms with Crippen LogP contribution in [0.2, 0.25) is 0 Å². The summed E-state index contributed by atoms with van der Waals surface area (Å²) in [6.45, 7) is 4.96. The maximum Gasteiger partial charge on any atom is 0.0411 e. The Labute approximate surface area is 119 Å². The number of thiophene rings is 1. The van der Waals surface area contributed by atoms with Crippen molar-refractivity contribution in [2.24, 2.45) is 5.73 Å². The minimum Gasteiger partial charge on any atom is -0.371 e. The zero-order valence-corrected chi connectivity index (χ0v) is 12.7. The van der Waals surface area contributed by atoms with Crippen LogP contribution in [0, 0.1) is 6.92 Å². The largest absolute Gasteiger partial charge is 0.371 e. The van der Waals surface area contributed by atoms with Gasteiger partial charge in [-0.2, -0.15) is 0 Å². The molecule has 2 N–H and O–H groups in total. The summed E-state index contributed by atoms with van der Waals surface area (Å²) in [5.74, 6) is 0. The predicted octanol–water partition coefficient (Wildman–Crippen LogP) is 3.58. The van der Waals surface area contributed by atoms with E-state index in [9.17, 15) is 0 Å². The highest BCUT2D eigenvalue weighted by atomic mass is 32.1. The molecule has 0 bridgehead atoms. The molecule has 0 spiro atoms. The van der Waals surface area contributed by atoms with E-state index in [0.29, 0.717) is 12.6 Å². The van der Waals surface area contributed by atoms with E-state index in [4.69, 9.17) is 5.73 Å². The Balaban J connectivity index is 2.16. The van der Waals surface area contributed by atoms with Crippen LogP contribution < -0.4 is 10.6 Å². The fraction of sp³-hybridized carbons (Fsp3) is 0.375. The van der Waals surface area contributed by atoms with E-state index in [1.165, 1.54) is 21.7 Å². The Hall–Kier alpha value is -1.32. The van der Waals surface area contributed by atoms with Crippen LogP contribution in [0.5, 0.6) is 0 Å². The van der Waals surface area contributed by atoms with Gasteiger partial charge in [-0.05, 0) is 36.9 Å². The fourth-order valence-electron chi connectivity index (χ4n) is 2.32. The molecule has 102 valence electrons. The van der Waals surface area contributed by atoms with Gasteiger partial charge < -0.3 is 10.6 Å². The van der Waals surface area contributed by atoms with Crippen molar-refractivity contribution < 1.29 is 0 Å². The first-order valence-corrected chi connectivity index (χ1v) is 7.54. The third kappa shape index (κ3) is 3.37. The second kappa shape index (κ2) is 6.22. The van der Waals surface area contributed by atoms with Crippen LogP contribution in [0.3, 0.4) is 0 Å². The van der Waals surface area contributed by atoms with Crippen molar-refractivity contribution in [2.45, 2.75) is 32.9 Å². The lowest BCUT2D eigenvalue weighted by atomic mass is 10.1. The zero-order valence-electron chi connectivity index (χ0n) is 11.9. The lowest BCUT2D eigenvalue weighted by Gasteiger charge is -2.29. The van der Waals surface area contributed by atoms with Gasteiger partial charge in [-0.1, -0.05) is 23.8 Å². The minimum atomic E-state index is 0.464. The maximum absolute atomic E-state index is 5.87. The van der Waals surface area contributed by atoms with E-state index >= 15 is 0 Å². The molecule has 2 rings (SSSR count). The molecule has 1 aromatic carbocycles. The molecule has 0 fully saturated rings. The van der Waals surface area contributed by atoms with Gasteiger partial charge in [0.25, 0.3) is 0 Å². The summed E-state index contributed by atoms with van der Waals surface area (Å²) < 4.78 is 0. The SMILES string of the molecule is Cc1ccc(N(C)C(C)Cc2cccs2)c(CN)c1. The number of likely N-dealkylation sites (N-methyl/N-ethyl adjacent to an activating group) is 1. The van der Waals surface area contributed by atoms with Crippen molar-refractivity contribution in [3.05, 3.63) is 51.7 Å².